The molecule has 0 bridgehead atoms. The summed E-state index contributed by atoms with van der Waals surface area (Å²) >= 11 is 6.29. The molecule has 0 aliphatic carbocycles. The van der Waals surface area contributed by atoms with Gasteiger partial charge in [0.1, 0.15) is 0 Å². The Morgan fingerprint density at radius 2 is 1.74 bits per heavy atom. The monoisotopic (exact) mass is 351 g/mol. The van der Waals surface area contributed by atoms with Gasteiger partial charge in [-0.05, 0) is 48.2 Å². The second-order valence-corrected chi connectivity index (χ2v) is 5.60. The topological polar surface area (TPSA) is 41.6 Å². The first-order valence-electron chi connectivity index (χ1n) is 7.50. The van der Waals surface area contributed by atoms with Crippen LogP contribution < -0.4 is 10.6 Å². The molecule has 2 rings (SSSR count). The van der Waals surface area contributed by atoms with Crippen molar-refractivity contribution >= 4 is 41.3 Å². The SMILES string of the molecule is CCc1cccc(N=C(N)N(C)c2cc(CC)ccc2Cl)c1.Cl. The van der Waals surface area contributed by atoms with Gasteiger partial charge < -0.3 is 10.6 Å². The van der Waals surface area contributed by atoms with E-state index in [1.54, 1.807) is 0 Å². The molecule has 124 valence electrons. The molecule has 0 fully saturated rings. The maximum Gasteiger partial charge on any atom is 0.200 e. The van der Waals surface area contributed by atoms with Crippen LogP contribution in [0.15, 0.2) is 47.5 Å². The van der Waals surface area contributed by atoms with Crippen molar-refractivity contribution in [3.05, 3.63) is 58.6 Å². The number of aryl methyl sites for hydroxylation is 2. The van der Waals surface area contributed by atoms with Crippen molar-refractivity contribution < 1.29 is 0 Å². The van der Waals surface area contributed by atoms with E-state index < -0.39 is 0 Å². The zero-order valence-corrected chi connectivity index (χ0v) is 15.3. The molecule has 0 atom stereocenters. The Kier molecular flexibility index (Phi) is 7.40. The molecular formula is C18H23Cl2N3. The molecule has 0 heterocycles. The number of nitrogens with two attached hydrogens (primary N) is 1. The molecule has 0 saturated heterocycles. The van der Waals surface area contributed by atoms with Crippen LogP contribution in [-0.4, -0.2) is 13.0 Å². The van der Waals surface area contributed by atoms with Gasteiger partial charge in [-0.2, -0.15) is 0 Å². The molecule has 0 aliphatic heterocycles. The van der Waals surface area contributed by atoms with Gasteiger partial charge in [-0.25, -0.2) is 4.99 Å². The van der Waals surface area contributed by atoms with Crippen molar-refractivity contribution in [1.29, 1.82) is 0 Å². The molecule has 0 aromatic heterocycles. The van der Waals surface area contributed by atoms with E-state index in [2.05, 4.69) is 24.9 Å². The van der Waals surface area contributed by atoms with Gasteiger partial charge in [0.05, 0.1) is 16.4 Å². The molecule has 0 saturated carbocycles. The van der Waals surface area contributed by atoms with Gasteiger partial charge in [0.2, 0.25) is 5.96 Å². The van der Waals surface area contributed by atoms with Crippen LogP contribution in [0.1, 0.15) is 25.0 Å². The summed E-state index contributed by atoms with van der Waals surface area (Å²) in [4.78, 5) is 6.32. The fourth-order valence-electron chi connectivity index (χ4n) is 2.21. The number of guanidine groups is 1. The van der Waals surface area contributed by atoms with Crippen LogP contribution in [0.5, 0.6) is 0 Å². The number of nitrogens with zero attached hydrogens (tertiary/aromatic N) is 2. The number of benzene rings is 2. The first-order chi connectivity index (χ1) is 10.5. The van der Waals surface area contributed by atoms with Crippen LogP contribution >= 0.6 is 24.0 Å². The molecule has 0 radical (unpaired) electrons. The molecule has 23 heavy (non-hydrogen) atoms. The van der Waals surface area contributed by atoms with E-state index in [4.69, 9.17) is 17.3 Å². The van der Waals surface area contributed by atoms with Crippen LogP contribution in [0.3, 0.4) is 0 Å². The fourth-order valence-corrected chi connectivity index (χ4v) is 2.46. The molecule has 5 heteroatoms. The summed E-state index contributed by atoms with van der Waals surface area (Å²) in [6.45, 7) is 4.23. The van der Waals surface area contributed by atoms with E-state index in [0.29, 0.717) is 11.0 Å². The molecule has 2 aromatic rings. The van der Waals surface area contributed by atoms with E-state index in [1.807, 2.05) is 48.3 Å². The molecular weight excluding hydrogens is 329 g/mol. The summed E-state index contributed by atoms with van der Waals surface area (Å²) in [5, 5.41) is 0.667. The van der Waals surface area contributed by atoms with Crippen molar-refractivity contribution in [3.63, 3.8) is 0 Å². The van der Waals surface area contributed by atoms with E-state index in [-0.39, 0.29) is 12.4 Å². The Hall–Kier alpha value is -1.71. The molecule has 0 amide bonds. The van der Waals surface area contributed by atoms with E-state index >= 15 is 0 Å². The number of anilines is 1. The highest BCUT2D eigenvalue weighted by atomic mass is 35.5. The zero-order valence-electron chi connectivity index (χ0n) is 13.7. The summed E-state index contributed by atoms with van der Waals surface area (Å²) in [5.41, 5.74) is 10.3. The largest absolute Gasteiger partial charge is 0.369 e. The average Bonchev–Trinajstić information content (AvgIpc) is 2.54. The zero-order chi connectivity index (χ0) is 16.1. The van der Waals surface area contributed by atoms with Crippen LogP contribution in [0.4, 0.5) is 11.4 Å². The minimum atomic E-state index is 0. The average molecular weight is 352 g/mol. The lowest BCUT2D eigenvalue weighted by molar-refractivity contribution is 1.12. The predicted molar refractivity (Wildman–Crippen MR) is 104 cm³/mol. The third-order valence-corrected chi connectivity index (χ3v) is 4.01. The van der Waals surface area contributed by atoms with Gasteiger partial charge in [0, 0.05) is 7.05 Å². The van der Waals surface area contributed by atoms with Gasteiger partial charge in [-0.15, -0.1) is 12.4 Å². The van der Waals surface area contributed by atoms with E-state index in [9.17, 15) is 0 Å². The first-order valence-corrected chi connectivity index (χ1v) is 7.88. The number of hydrogen-bond donors (Lipinski definition) is 1. The summed E-state index contributed by atoms with van der Waals surface area (Å²) in [5.74, 6) is 0.420. The summed E-state index contributed by atoms with van der Waals surface area (Å²) in [6, 6.07) is 14.0. The quantitative estimate of drug-likeness (QED) is 0.624. The highest BCUT2D eigenvalue weighted by molar-refractivity contribution is 6.33. The van der Waals surface area contributed by atoms with Crippen molar-refractivity contribution in [1.82, 2.24) is 0 Å². The van der Waals surface area contributed by atoms with Crippen molar-refractivity contribution in [2.45, 2.75) is 26.7 Å². The molecule has 0 aliphatic rings. The third-order valence-electron chi connectivity index (χ3n) is 3.69. The Morgan fingerprint density at radius 1 is 1.09 bits per heavy atom. The Bertz CT molecular complexity index is 684. The molecule has 0 unspecified atom stereocenters. The highest BCUT2D eigenvalue weighted by Crippen LogP contribution is 2.27. The van der Waals surface area contributed by atoms with Crippen molar-refractivity contribution in [2.24, 2.45) is 10.7 Å². The smallest absolute Gasteiger partial charge is 0.200 e. The second kappa shape index (κ2) is 8.80. The fraction of sp³-hybridized carbons (Fsp3) is 0.278. The first kappa shape index (κ1) is 19.3. The second-order valence-electron chi connectivity index (χ2n) is 5.19. The summed E-state index contributed by atoms with van der Waals surface area (Å²) in [7, 11) is 1.88. The van der Waals surface area contributed by atoms with Gasteiger partial charge in [0.25, 0.3) is 0 Å². The van der Waals surface area contributed by atoms with E-state index in [1.165, 1.54) is 11.1 Å². The van der Waals surface area contributed by atoms with Crippen LogP contribution in [0.25, 0.3) is 0 Å². The Balaban J connectivity index is 0.00000264. The predicted octanol–water partition coefficient (Wildman–Crippen LogP) is 4.97. The lowest BCUT2D eigenvalue weighted by Crippen LogP contribution is -2.33. The number of hydrogen-bond acceptors (Lipinski definition) is 1. The van der Waals surface area contributed by atoms with Crippen LogP contribution in [-0.2, 0) is 12.8 Å². The maximum absolute atomic E-state index is 6.29. The van der Waals surface area contributed by atoms with Crippen molar-refractivity contribution in [2.75, 3.05) is 11.9 Å². The molecule has 2 aromatic carbocycles. The summed E-state index contributed by atoms with van der Waals surface area (Å²) in [6.07, 6.45) is 1.93. The minimum Gasteiger partial charge on any atom is -0.369 e. The van der Waals surface area contributed by atoms with E-state index in [0.717, 1.165) is 24.2 Å². The Morgan fingerprint density at radius 3 is 2.39 bits per heavy atom. The Labute approximate surface area is 149 Å². The van der Waals surface area contributed by atoms with Gasteiger partial charge >= 0.3 is 0 Å². The third kappa shape index (κ3) is 4.88. The lowest BCUT2D eigenvalue weighted by atomic mass is 10.1. The highest BCUT2D eigenvalue weighted by Gasteiger charge is 2.10. The standard InChI is InChI=1S/C18H22ClN3.ClH/c1-4-13-7-6-8-15(11-13)21-18(20)22(3)17-12-14(5-2)9-10-16(17)19;/h6-12H,4-5H2,1-3H3,(H2,20,21);1H. The van der Waals surface area contributed by atoms with Crippen LogP contribution in [0.2, 0.25) is 5.02 Å². The van der Waals surface area contributed by atoms with Gasteiger partial charge in [-0.3, -0.25) is 0 Å². The molecule has 0 spiro atoms. The minimum absolute atomic E-state index is 0. The van der Waals surface area contributed by atoms with Crippen molar-refractivity contribution in [3.8, 4) is 0 Å². The van der Waals surface area contributed by atoms with Gasteiger partial charge in [-0.1, -0.05) is 43.6 Å². The number of halogens is 2. The normalized spacial score (nSPS) is 11.0. The molecule has 3 nitrogen and oxygen atoms in total. The number of rotatable bonds is 4. The summed E-state index contributed by atoms with van der Waals surface area (Å²) < 4.78 is 0. The van der Waals surface area contributed by atoms with Gasteiger partial charge in [0.15, 0.2) is 0 Å². The maximum atomic E-state index is 6.29. The molecule has 2 N–H and O–H groups in total. The number of aliphatic imine (C=N–C) groups is 1. The lowest BCUT2D eigenvalue weighted by Gasteiger charge is -2.20. The van der Waals surface area contributed by atoms with Crippen LogP contribution in [0, 0.1) is 0 Å².